The summed E-state index contributed by atoms with van der Waals surface area (Å²) in [5.41, 5.74) is 0. The third-order valence-electron chi connectivity index (χ3n) is 2.26. The van der Waals surface area contributed by atoms with Crippen molar-refractivity contribution in [3.8, 4) is 0 Å². The minimum atomic E-state index is -0.649. The van der Waals surface area contributed by atoms with Crippen molar-refractivity contribution in [1.29, 1.82) is 0 Å². The van der Waals surface area contributed by atoms with Crippen LogP contribution in [-0.2, 0) is 4.79 Å². The van der Waals surface area contributed by atoms with Gasteiger partial charge in [0.25, 0.3) is 5.91 Å². The van der Waals surface area contributed by atoms with Crippen molar-refractivity contribution in [1.82, 2.24) is 10.6 Å². The molecule has 2 atom stereocenters. The summed E-state index contributed by atoms with van der Waals surface area (Å²) >= 11 is 0. The van der Waals surface area contributed by atoms with Crippen molar-refractivity contribution in [3.63, 3.8) is 0 Å². The predicted molar refractivity (Wildman–Crippen MR) is 51.4 cm³/mol. The van der Waals surface area contributed by atoms with Gasteiger partial charge in [-0.25, -0.2) is 9.18 Å². The summed E-state index contributed by atoms with van der Waals surface area (Å²) < 4.78 is 12.8. The average Bonchev–Trinajstić information content (AvgIpc) is 2.39. The minimum absolute atomic E-state index is 0.319. The number of urea groups is 1. The molecule has 1 heterocycles. The van der Waals surface area contributed by atoms with Crippen molar-refractivity contribution < 1.29 is 14.0 Å². The number of imide groups is 1. The van der Waals surface area contributed by atoms with Crippen LogP contribution in [0.4, 0.5) is 9.18 Å². The van der Waals surface area contributed by atoms with E-state index in [4.69, 9.17) is 0 Å². The summed E-state index contributed by atoms with van der Waals surface area (Å²) in [6.07, 6.45) is 7.31. The Morgan fingerprint density at radius 3 is 2.73 bits per heavy atom. The third-order valence-corrected chi connectivity index (χ3v) is 2.26. The maximum absolute atomic E-state index is 12.8. The second-order valence-electron chi connectivity index (χ2n) is 3.31. The average molecular weight is 208 g/mol. The summed E-state index contributed by atoms with van der Waals surface area (Å²) in [5, 5.41) is 4.60. The van der Waals surface area contributed by atoms with Gasteiger partial charge in [0.05, 0.1) is 0 Å². The molecule has 15 heavy (non-hydrogen) atoms. The number of amides is 3. The first kappa shape index (κ1) is 9.64. The first-order valence-corrected chi connectivity index (χ1v) is 4.50. The van der Waals surface area contributed by atoms with Gasteiger partial charge in [-0.3, -0.25) is 10.1 Å². The number of hydrogen-bond acceptors (Lipinski definition) is 2. The lowest BCUT2D eigenvalue weighted by Gasteiger charge is -2.12. The number of halogens is 1. The van der Waals surface area contributed by atoms with Gasteiger partial charge in [0.1, 0.15) is 11.9 Å². The Morgan fingerprint density at radius 1 is 1.27 bits per heavy atom. The number of carbonyl (C=O) groups excluding carboxylic acids is 2. The van der Waals surface area contributed by atoms with Gasteiger partial charge < -0.3 is 5.32 Å². The topological polar surface area (TPSA) is 58.2 Å². The molecular formula is C10H9FN2O2. The molecule has 0 aromatic carbocycles. The Hall–Kier alpha value is -1.91. The first-order chi connectivity index (χ1) is 7.16. The summed E-state index contributed by atoms with van der Waals surface area (Å²) in [6.45, 7) is 0. The monoisotopic (exact) mass is 208 g/mol. The predicted octanol–water partition coefficient (Wildman–Crippen LogP) is 0.790. The first-order valence-electron chi connectivity index (χ1n) is 4.50. The molecule has 0 radical (unpaired) electrons. The Bertz CT molecular complexity index is 398. The molecule has 1 aliphatic heterocycles. The Labute approximate surface area is 85.5 Å². The van der Waals surface area contributed by atoms with E-state index >= 15 is 0 Å². The summed E-state index contributed by atoms with van der Waals surface area (Å²) in [6, 6.07) is -1.16. The highest BCUT2D eigenvalue weighted by Gasteiger charge is 2.33. The molecule has 5 heteroatoms. The number of carbonyl (C=O) groups is 2. The molecule has 2 rings (SSSR count). The number of rotatable bonds is 1. The normalized spacial score (nSPS) is 29.5. The van der Waals surface area contributed by atoms with Crippen LogP contribution in [0.15, 0.2) is 36.2 Å². The van der Waals surface area contributed by atoms with E-state index in [0.29, 0.717) is 0 Å². The fourth-order valence-corrected chi connectivity index (χ4v) is 1.52. The molecule has 1 fully saturated rings. The Morgan fingerprint density at radius 2 is 2.07 bits per heavy atom. The van der Waals surface area contributed by atoms with Crippen LogP contribution in [-0.4, -0.2) is 18.0 Å². The smallest absolute Gasteiger partial charge is 0.322 e. The van der Waals surface area contributed by atoms with E-state index in [1.54, 1.807) is 12.2 Å². The van der Waals surface area contributed by atoms with Crippen LogP contribution in [0.3, 0.4) is 0 Å². The van der Waals surface area contributed by atoms with Crippen molar-refractivity contribution in [2.75, 3.05) is 0 Å². The van der Waals surface area contributed by atoms with Gasteiger partial charge in [-0.15, -0.1) is 0 Å². The fraction of sp³-hybridized carbons (Fsp3) is 0.200. The molecule has 1 saturated heterocycles. The van der Waals surface area contributed by atoms with E-state index in [1.165, 1.54) is 18.2 Å². The van der Waals surface area contributed by atoms with Crippen LogP contribution >= 0.6 is 0 Å². The molecule has 2 aliphatic rings. The molecular weight excluding hydrogens is 199 g/mol. The van der Waals surface area contributed by atoms with Crippen LogP contribution in [0.25, 0.3) is 0 Å². The molecule has 3 amide bonds. The molecule has 0 saturated carbocycles. The lowest BCUT2D eigenvalue weighted by atomic mass is 9.99. The van der Waals surface area contributed by atoms with Crippen molar-refractivity contribution >= 4 is 11.9 Å². The van der Waals surface area contributed by atoms with Gasteiger partial charge in [0.15, 0.2) is 0 Å². The van der Waals surface area contributed by atoms with Gasteiger partial charge in [0, 0.05) is 5.92 Å². The molecule has 0 aromatic heterocycles. The molecule has 1 aliphatic carbocycles. The number of allylic oxidation sites excluding steroid dienone is 4. The van der Waals surface area contributed by atoms with E-state index in [9.17, 15) is 14.0 Å². The van der Waals surface area contributed by atoms with E-state index in [2.05, 4.69) is 10.6 Å². The number of nitrogens with one attached hydrogen (secondary N) is 2. The minimum Gasteiger partial charge on any atom is -0.325 e. The highest BCUT2D eigenvalue weighted by Crippen LogP contribution is 2.16. The standard InChI is InChI=1S/C10H9FN2O2/c11-7-3-1-2-6(4-5-7)8-9(14)13-10(15)12-8/h1-6,8H,(H2,12,13,14,15). The zero-order valence-corrected chi connectivity index (χ0v) is 7.74. The van der Waals surface area contributed by atoms with Crippen LogP contribution in [0.2, 0.25) is 0 Å². The summed E-state index contributed by atoms with van der Waals surface area (Å²) in [4.78, 5) is 22.2. The molecule has 0 aromatic rings. The Kier molecular flexibility index (Phi) is 2.37. The summed E-state index contributed by atoms with van der Waals surface area (Å²) in [5.74, 6) is -1.08. The van der Waals surface area contributed by atoms with Crippen LogP contribution in [0.1, 0.15) is 0 Å². The van der Waals surface area contributed by atoms with Gasteiger partial charge >= 0.3 is 6.03 Å². The highest BCUT2D eigenvalue weighted by atomic mass is 19.1. The molecule has 78 valence electrons. The second-order valence-corrected chi connectivity index (χ2v) is 3.31. The van der Waals surface area contributed by atoms with E-state index in [1.807, 2.05) is 0 Å². The van der Waals surface area contributed by atoms with E-state index in [-0.39, 0.29) is 17.7 Å². The lowest BCUT2D eigenvalue weighted by Crippen LogP contribution is -2.35. The van der Waals surface area contributed by atoms with Crippen LogP contribution in [0, 0.1) is 5.92 Å². The third kappa shape index (κ3) is 1.96. The fourth-order valence-electron chi connectivity index (χ4n) is 1.52. The number of hydrogen-bond donors (Lipinski definition) is 2. The van der Waals surface area contributed by atoms with E-state index in [0.717, 1.165) is 0 Å². The zero-order chi connectivity index (χ0) is 10.8. The molecule has 4 nitrogen and oxygen atoms in total. The summed E-state index contributed by atoms with van der Waals surface area (Å²) in [7, 11) is 0. The van der Waals surface area contributed by atoms with Crippen molar-refractivity contribution in [2.24, 2.45) is 5.92 Å². The lowest BCUT2D eigenvalue weighted by molar-refractivity contribution is -0.120. The van der Waals surface area contributed by atoms with Gasteiger partial charge in [-0.2, -0.15) is 0 Å². The maximum atomic E-state index is 12.8. The molecule has 2 unspecified atom stereocenters. The van der Waals surface area contributed by atoms with Crippen molar-refractivity contribution in [2.45, 2.75) is 6.04 Å². The van der Waals surface area contributed by atoms with Gasteiger partial charge in [-0.1, -0.05) is 18.2 Å². The molecule has 0 spiro atoms. The quantitative estimate of drug-likeness (QED) is 0.626. The van der Waals surface area contributed by atoms with Gasteiger partial charge in [0.2, 0.25) is 0 Å². The maximum Gasteiger partial charge on any atom is 0.322 e. The van der Waals surface area contributed by atoms with Crippen molar-refractivity contribution in [3.05, 3.63) is 36.2 Å². The SMILES string of the molecule is O=C1NC(=O)C(C2C=CC=C(F)C=C2)N1. The van der Waals surface area contributed by atoms with Crippen LogP contribution in [0.5, 0.6) is 0 Å². The molecule has 2 N–H and O–H groups in total. The zero-order valence-electron chi connectivity index (χ0n) is 7.74. The van der Waals surface area contributed by atoms with Gasteiger partial charge in [-0.05, 0) is 12.2 Å². The van der Waals surface area contributed by atoms with Crippen LogP contribution < -0.4 is 10.6 Å². The largest absolute Gasteiger partial charge is 0.325 e. The second kappa shape index (κ2) is 3.68. The molecule has 0 bridgehead atoms. The van der Waals surface area contributed by atoms with E-state index < -0.39 is 12.1 Å². The highest BCUT2D eigenvalue weighted by molar-refractivity contribution is 6.04. The Balaban J connectivity index is 2.16.